The van der Waals surface area contributed by atoms with Crippen molar-refractivity contribution in [2.45, 2.75) is 37.6 Å². The molecule has 1 unspecified atom stereocenters. The first-order valence-corrected chi connectivity index (χ1v) is 7.91. The highest BCUT2D eigenvalue weighted by Gasteiger charge is 2.43. The summed E-state index contributed by atoms with van der Waals surface area (Å²) < 4.78 is 11.7. The maximum atomic E-state index is 12.2. The number of hydrogen-bond acceptors (Lipinski definition) is 5. The van der Waals surface area contributed by atoms with E-state index in [0.717, 1.165) is 25.7 Å². The lowest BCUT2D eigenvalue weighted by Gasteiger charge is -2.22. The van der Waals surface area contributed by atoms with Gasteiger partial charge >= 0.3 is 0 Å². The molecule has 0 bridgehead atoms. The van der Waals surface area contributed by atoms with Crippen LogP contribution in [0.1, 0.15) is 36.0 Å². The first kappa shape index (κ1) is 16.2. The Bertz CT molecular complexity index is 630. The Morgan fingerprint density at radius 2 is 2.17 bits per heavy atom. The number of non-ortho nitro benzene ring substituents is 1. The monoisotopic (exact) mass is 340 g/mol. The van der Waals surface area contributed by atoms with Crippen LogP contribution < -0.4 is 5.32 Å². The van der Waals surface area contributed by atoms with Crippen LogP contribution in [0.4, 0.5) is 5.69 Å². The van der Waals surface area contributed by atoms with Crippen LogP contribution in [-0.2, 0) is 9.47 Å². The first-order valence-electron chi connectivity index (χ1n) is 7.53. The molecule has 1 saturated carbocycles. The number of nitrogens with one attached hydrogen (secondary N) is 1. The average Bonchev–Trinajstić information content (AvgIpc) is 3.15. The highest BCUT2D eigenvalue weighted by molar-refractivity contribution is 6.34. The third-order valence-electron chi connectivity index (χ3n) is 4.18. The molecule has 0 radical (unpaired) electrons. The second-order valence-corrected chi connectivity index (χ2v) is 6.21. The number of nitro benzene ring substituents is 1. The number of carbonyl (C=O) groups is 1. The normalized spacial score (nSPS) is 22.4. The number of hydrogen-bond donors (Lipinski definition) is 1. The van der Waals surface area contributed by atoms with Gasteiger partial charge in [-0.2, -0.15) is 0 Å². The number of amides is 1. The number of nitro groups is 1. The minimum atomic E-state index is -0.557. The minimum absolute atomic E-state index is 0.0487. The van der Waals surface area contributed by atoms with E-state index < -0.39 is 10.7 Å². The molecular weight excluding hydrogens is 324 g/mol. The van der Waals surface area contributed by atoms with Crippen molar-refractivity contribution in [2.24, 2.45) is 0 Å². The molecule has 1 heterocycles. The van der Waals surface area contributed by atoms with Crippen molar-refractivity contribution in [3.8, 4) is 0 Å². The van der Waals surface area contributed by atoms with Crippen molar-refractivity contribution in [1.82, 2.24) is 5.32 Å². The number of rotatable bonds is 4. The Labute approximate surface area is 138 Å². The minimum Gasteiger partial charge on any atom is -0.349 e. The standard InChI is InChI=1S/C15H17ClN2O5/c16-13-7-10(18(20)21)3-4-12(13)14(19)17-8-11-9-22-15(23-11)5-1-2-6-15/h3-4,7,11H,1-2,5-6,8-9H2,(H,17,19). The van der Waals surface area contributed by atoms with Gasteiger partial charge in [0.1, 0.15) is 6.10 Å². The molecule has 8 heteroatoms. The Morgan fingerprint density at radius 1 is 1.43 bits per heavy atom. The molecule has 124 valence electrons. The zero-order valence-corrected chi connectivity index (χ0v) is 13.2. The zero-order valence-electron chi connectivity index (χ0n) is 12.4. The van der Waals surface area contributed by atoms with Crippen molar-refractivity contribution in [3.63, 3.8) is 0 Å². The lowest BCUT2D eigenvalue weighted by Crippen LogP contribution is -2.35. The molecule has 1 saturated heterocycles. The summed E-state index contributed by atoms with van der Waals surface area (Å²) in [5.74, 6) is -0.846. The van der Waals surface area contributed by atoms with E-state index >= 15 is 0 Å². The van der Waals surface area contributed by atoms with E-state index in [1.54, 1.807) is 0 Å². The molecule has 2 fully saturated rings. The topological polar surface area (TPSA) is 90.7 Å². The van der Waals surface area contributed by atoms with Crippen LogP contribution in [0, 0.1) is 10.1 Å². The van der Waals surface area contributed by atoms with Crippen molar-refractivity contribution in [2.75, 3.05) is 13.2 Å². The first-order chi connectivity index (χ1) is 11.0. The average molecular weight is 341 g/mol. The predicted octanol–water partition coefficient (Wildman–Crippen LogP) is 2.66. The Hall–Kier alpha value is -1.70. The molecule has 1 aromatic rings. The van der Waals surface area contributed by atoms with Crippen LogP contribution >= 0.6 is 11.6 Å². The van der Waals surface area contributed by atoms with Gasteiger partial charge in [0.25, 0.3) is 11.6 Å². The van der Waals surface area contributed by atoms with Gasteiger partial charge in [-0.05, 0) is 18.9 Å². The highest BCUT2D eigenvalue weighted by atomic mass is 35.5. The third kappa shape index (κ3) is 3.46. The van der Waals surface area contributed by atoms with E-state index in [4.69, 9.17) is 21.1 Å². The fourth-order valence-electron chi connectivity index (χ4n) is 3.00. The van der Waals surface area contributed by atoms with Gasteiger partial charge in [0.15, 0.2) is 5.79 Å². The maximum absolute atomic E-state index is 12.2. The van der Waals surface area contributed by atoms with Crippen LogP contribution in [0.25, 0.3) is 0 Å². The van der Waals surface area contributed by atoms with E-state index in [9.17, 15) is 14.9 Å². The molecule has 2 aliphatic rings. The van der Waals surface area contributed by atoms with Crippen molar-refractivity contribution < 1.29 is 19.2 Å². The number of halogens is 1. The third-order valence-corrected chi connectivity index (χ3v) is 4.49. The maximum Gasteiger partial charge on any atom is 0.270 e. The van der Waals surface area contributed by atoms with E-state index in [0.29, 0.717) is 13.2 Å². The van der Waals surface area contributed by atoms with Gasteiger partial charge in [-0.25, -0.2) is 0 Å². The highest BCUT2D eigenvalue weighted by Crippen LogP contribution is 2.39. The summed E-state index contributed by atoms with van der Waals surface area (Å²) in [5, 5.41) is 13.5. The molecule has 1 N–H and O–H groups in total. The molecule has 1 atom stereocenters. The molecule has 1 aliphatic carbocycles. The van der Waals surface area contributed by atoms with Gasteiger partial charge in [-0.3, -0.25) is 14.9 Å². The summed E-state index contributed by atoms with van der Waals surface area (Å²) in [7, 11) is 0. The summed E-state index contributed by atoms with van der Waals surface area (Å²) in [6.07, 6.45) is 3.79. The van der Waals surface area contributed by atoms with Gasteiger partial charge in [0.2, 0.25) is 0 Å². The Kier molecular flexibility index (Phi) is 4.52. The summed E-state index contributed by atoms with van der Waals surface area (Å²) in [4.78, 5) is 22.3. The fraction of sp³-hybridized carbons (Fsp3) is 0.533. The molecule has 7 nitrogen and oxygen atoms in total. The predicted molar refractivity (Wildman–Crippen MR) is 82.5 cm³/mol. The summed E-state index contributed by atoms with van der Waals surface area (Å²) in [6.45, 7) is 0.766. The fourth-order valence-corrected chi connectivity index (χ4v) is 3.26. The SMILES string of the molecule is O=C(NCC1COC2(CCCC2)O1)c1ccc([N+](=O)[O-])cc1Cl. The number of nitrogens with zero attached hydrogens (tertiary/aromatic N) is 1. The van der Waals surface area contributed by atoms with Crippen LogP contribution in [0.3, 0.4) is 0 Å². The second kappa shape index (κ2) is 6.43. The van der Waals surface area contributed by atoms with E-state index in [1.165, 1.54) is 18.2 Å². The van der Waals surface area contributed by atoms with Crippen molar-refractivity contribution in [3.05, 3.63) is 38.9 Å². The molecule has 1 aliphatic heterocycles. The van der Waals surface area contributed by atoms with Crippen molar-refractivity contribution >= 4 is 23.2 Å². The molecule has 3 rings (SSSR count). The van der Waals surface area contributed by atoms with E-state index in [2.05, 4.69) is 5.32 Å². The Balaban J connectivity index is 1.56. The van der Waals surface area contributed by atoms with Crippen molar-refractivity contribution in [1.29, 1.82) is 0 Å². The lowest BCUT2D eigenvalue weighted by molar-refractivity contribution is -0.384. The quantitative estimate of drug-likeness (QED) is 0.672. The molecule has 1 spiro atoms. The molecule has 1 amide bonds. The Morgan fingerprint density at radius 3 is 2.83 bits per heavy atom. The smallest absolute Gasteiger partial charge is 0.270 e. The lowest BCUT2D eigenvalue weighted by atomic mass is 10.2. The van der Waals surface area contributed by atoms with Gasteiger partial charge in [-0.15, -0.1) is 0 Å². The summed E-state index contributed by atoms with van der Waals surface area (Å²) in [5.41, 5.74) is 0.0500. The number of ether oxygens (including phenoxy) is 2. The molecule has 23 heavy (non-hydrogen) atoms. The van der Waals surface area contributed by atoms with Gasteiger partial charge in [0.05, 0.1) is 22.1 Å². The largest absolute Gasteiger partial charge is 0.349 e. The van der Waals surface area contributed by atoms with Crippen LogP contribution in [0.2, 0.25) is 5.02 Å². The number of benzene rings is 1. The number of carbonyl (C=O) groups excluding carboxylic acids is 1. The van der Waals surface area contributed by atoms with Gasteiger partial charge in [-0.1, -0.05) is 11.6 Å². The van der Waals surface area contributed by atoms with E-state index in [1.807, 2.05) is 0 Å². The van der Waals surface area contributed by atoms with Crippen LogP contribution in [0.15, 0.2) is 18.2 Å². The zero-order chi connectivity index (χ0) is 16.4. The van der Waals surface area contributed by atoms with Crippen LogP contribution in [-0.4, -0.2) is 35.9 Å². The van der Waals surface area contributed by atoms with Crippen LogP contribution in [0.5, 0.6) is 0 Å². The second-order valence-electron chi connectivity index (χ2n) is 5.80. The van der Waals surface area contributed by atoms with Gasteiger partial charge < -0.3 is 14.8 Å². The van der Waals surface area contributed by atoms with Gasteiger partial charge in [0, 0.05) is 31.5 Å². The molecule has 0 aromatic heterocycles. The molecular formula is C15H17ClN2O5. The summed E-state index contributed by atoms with van der Waals surface area (Å²) >= 11 is 5.94. The summed E-state index contributed by atoms with van der Waals surface area (Å²) in [6, 6.07) is 3.77. The molecule has 1 aromatic carbocycles. The van der Waals surface area contributed by atoms with E-state index in [-0.39, 0.29) is 28.3 Å².